The molecule has 0 amide bonds. The third-order valence-corrected chi connectivity index (χ3v) is 3.26. The maximum atomic E-state index is 5.29. The molecule has 1 fully saturated rings. The van der Waals surface area contributed by atoms with E-state index in [1.54, 1.807) is 0 Å². The monoisotopic (exact) mass is 237 g/mol. The van der Waals surface area contributed by atoms with Crippen LogP contribution < -0.4 is 5.32 Å². The van der Waals surface area contributed by atoms with Crippen LogP contribution >= 0.6 is 0 Å². The fourth-order valence-electron chi connectivity index (χ4n) is 2.47. The molecule has 0 bridgehead atoms. The van der Waals surface area contributed by atoms with Crippen LogP contribution in [0.2, 0.25) is 0 Å². The van der Waals surface area contributed by atoms with E-state index in [1.165, 1.54) is 19.3 Å². The summed E-state index contributed by atoms with van der Waals surface area (Å²) in [4.78, 5) is 2.47. The van der Waals surface area contributed by atoms with E-state index >= 15 is 0 Å². The molecule has 1 N–H and O–H groups in total. The van der Waals surface area contributed by atoms with Crippen molar-refractivity contribution in [3.63, 3.8) is 0 Å². The molecule has 1 saturated heterocycles. The summed E-state index contributed by atoms with van der Waals surface area (Å²) < 4.78 is 5.29. The van der Waals surface area contributed by atoms with E-state index in [1.807, 2.05) is 13.0 Å². The van der Waals surface area contributed by atoms with Crippen LogP contribution in [0.1, 0.15) is 37.6 Å². The Morgan fingerprint density at radius 3 is 3.18 bits per heavy atom. The topological polar surface area (TPSA) is 41.3 Å². The fourth-order valence-corrected chi connectivity index (χ4v) is 2.47. The highest BCUT2D eigenvalue weighted by Gasteiger charge is 2.18. The van der Waals surface area contributed by atoms with Crippen molar-refractivity contribution >= 4 is 0 Å². The van der Waals surface area contributed by atoms with Gasteiger partial charge in [0.05, 0.1) is 12.2 Å². The molecule has 1 unspecified atom stereocenters. The van der Waals surface area contributed by atoms with Gasteiger partial charge in [-0.15, -0.1) is 0 Å². The highest BCUT2D eigenvalue weighted by molar-refractivity contribution is 5.03. The van der Waals surface area contributed by atoms with Gasteiger partial charge in [-0.3, -0.25) is 4.90 Å². The van der Waals surface area contributed by atoms with E-state index in [0.717, 1.165) is 37.6 Å². The standard InChI is InChI=1S/C13H23N3O/c1-3-5-12-9-16(7-4-6-14-12)10-13-8-11(2)15-17-13/h8,12,14H,3-7,9-10H2,1-2H3. The Bertz CT molecular complexity index is 337. The zero-order valence-corrected chi connectivity index (χ0v) is 10.9. The Hall–Kier alpha value is -0.870. The highest BCUT2D eigenvalue weighted by atomic mass is 16.5. The Balaban J connectivity index is 1.90. The summed E-state index contributed by atoms with van der Waals surface area (Å²) in [5, 5.41) is 7.56. The third-order valence-electron chi connectivity index (χ3n) is 3.26. The van der Waals surface area contributed by atoms with Gasteiger partial charge in [0, 0.05) is 18.7 Å². The van der Waals surface area contributed by atoms with E-state index in [2.05, 4.69) is 22.3 Å². The van der Waals surface area contributed by atoms with Crippen molar-refractivity contribution in [1.82, 2.24) is 15.4 Å². The molecule has 2 heterocycles. The van der Waals surface area contributed by atoms with Gasteiger partial charge in [0.2, 0.25) is 0 Å². The van der Waals surface area contributed by atoms with Crippen LogP contribution in [-0.2, 0) is 6.54 Å². The van der Waals surface area contributed by atoms with Gasteiger partial charge in [0.25, 0.3) is 0 Å². The summed E-state index contributed by atoms with van der Waals surface area (Å²) in [5.74, 6) is 0.986. The third kappa shape index (κ3) is 3.82. The smallest absolute Gasteiger partial charge is 0.150 e. The predicted molar refractivity (Wildman–Crippen MR) is 67.8 cm³/mol. The van der Waals surface area contributed by atoms with E-state index < -0.39 is 0 Å². The number of nitrogens with one attached hydrogen (secondary N) is 1. The number of nitrogens with zero attached hydrogens (tertiary/aromatic N) is 2. The summed E-state index contributed by atoms with van der Waals surface area (Å²) in [7, 11) is 0. The molecule has 1 aromatic rings. The molecule has 0 aromatic carbocycles. The molecule has 4 heteroatoms. The van der Waals surface area contributed by atoms with Crippen LogP contribution in [0.3, 0.4) is 0 Å². The normalized spacial score (nSPS) is 22.6. The second-order valence-corrected chi connectivity index (χ2v) is 4.96. The molecule has 1 atom stereocenters. The number of aromatic nitrogens is 1. The molecule has 0 spiro atoms. The summed E-state index contributed by atoms with van der Waals surface area (Å²) in [5.41, 5.74) is 0.970. The van der Waals surface area contributed by atoms with Crippen LogP contribution in [0.25, 0.3) is 0 Å². The van der Waals surface area contributed by atoms with Gasteiger partial charge in [0.15, 0.2) is 5.76 Å². The van der Waals surface area contributed by atoms with Gasteiger partial charge in [-0.1, -0.05) is 18.5 Å². The molecule has 0 radical (unpaired) electrons. The lowest BCUT2D eigenvalue weighted by Gasteiger charge is -2.22. The second-order valence-electron chi connectivity index (χ2n) is 4.96. The van der Waals surface area contributed by atoms with E-state index in [9.17, 15) is 0 Å². The molecule has 4 nitrogen and oxygen atoms in total. The lowest BCUT2D eigenvalue weighted by Crippen LogP contribution is -2.37. The summed E-state index contributed by atoms with van der Waals surface area (Å²) >= 11 is 0. The number of rotatable bonds is 4. The first-order chi connectivity index (χ1) is 8.28. The first kappa shape index (κ1) is 12.6. The number of aryl methyl sites for hydroxylation is 1. The van der Waals surface area contributed by atoms with Gasteiger partial charge in [-0.05, 0) is 32.9 Å². The molecule has 1 aliphatic heterocycles. The van der Waals surface area contributed by atoms with Gasteiger partial charge < -0.3 is 9.84 Å². The van der Waals surface area contributed by atoms with Crippen LogP contribution in [0.5, 0.6) is 0 Å². The summed E-state index contributed by atoms with van der Waals surface area (Å²) in [6.45, 7) is 8.51. The second kappa shape index (κ2) is 6.17. The van der Waals surface area contributed by atoms with Crippen molar-refractivity contribution in [2.45, 2.75) is 45.7 Å². The molecule has 1 aromatic heterocycles. The van der Waals surface area contributed by atoms with Gasteiger partial charge in [-0.25, -0.2) is 0 Å². The first-order valence-corrected chi connectivity index (χ1v) is 6.66. The minimum atomic E-state index is 0.631. The Morgan fingerprint density at radius 1 is 1.59 bits per heavy atom. The minimum absolute atomic E-state index is 0.631. The van der Waals surface area contributed by atoms with Gasteiger partial charge >= 0.3 is 0 Å². The Labute approximate surface area is 103 Å². The maximum absolute atomic E-state index is 5.29. The van der Waals surface area contributed by atoms with Crippen molar-refractivity contribution in [3.8, 4) is 0 Å². The van der Waals surface area contributed by atoms with Crippen molar-refractivity contribution in [1.29, 1.82) is 0 Å². The Morgan fingerprint density at radius 2 is 2.47 bits per heavy atom. The zero-order valence-electron chi connectivity index (χ0n) is 10.9. The SMILES string of the molecule is CCCC1CN(Cc2cc(C)no2)CCCN1. The number of hydrogen-bond donors (Lipinski definition) is 1. The zero-order chi connectivity index (χ0) is 12.1. The molecule has 96 valence electrons. The number of hydrogen-bond acceptors (Lipinski definition) is 4. The van der Waals surface area contributed by atoms with Crippen molar-refractivity contribution in [2.24, 2.45) is 0 Å². The minimum Gasteiger partial charge on any atom is -0.360 e. The molecule has 2 rings (SSSR count). The van der Waals surface area contributed by atoms with Crippen molar-refractivity contribution in [2.75, 3.05) is 19.6 Å². The van der Waals surface area contributed by atoms with Gasteiger partial charge in [0.1, 0.15) is 0 Å². The molecule has 1 aliphatic rings. The quantitative estimate of drug-likeness (QED) is 0.869. The summed E-state index contributed by atoms with van der Waals surface area (Å²) in [6, 6.07) is 2.67. The van der Waals surface area contributed by atoms with Crippen molar-refractivity contribution < 1.29 is 4.52 Å². The van der Waals surface area contributed by atoms with Crippen molar-refractivity contribution in [3.05, 3.63) is 17.5 Å². The molecule has 0 aliphatic carbocycles. The molecule has 0 saturated carbocycles. The highest BCUT2D eigenvalue weighted by Crippen LogP contribution is 2.11. The average Bonchev–Trinajstić information content (AvgIpc) is 2.58. The molecule has 17 heavy (non-hydrogen) atoms. The predicted octanol–water partition coefficient (Wildman–Crippen LogP) is 1.95. The van der Waals surface area contributed by atoms with Crippen LogP contribution in [0.15, 0.2) is 10.6 Å². The van der Waals surface area contributed by atoms with Crippen LogP contribution in [0.4, 0.5) is 0 Å². The Kier molecular flexibility index (Phi) is 4.57. The average molecular weight is 237 g/mol. The van der Waals surface area contributed by atoms with E-state index in [-0.39, 0.29) is 0 Å². The lowest BCUT2D eigenvalue weighted by molar-refractivity contribution is 0.224. The van der Waals surface area contributed by atoms with E-state index in [0.29, 0.717) is 6.04 Å². The fraction of sp³-hybridized carbons (Fsp3) is 0.769. The molecular weight excluding hydrogens is 214 g/mol. The largest absolute Gasteiger partial charge is 0.360 e. The van der Waals surface area contributed by atoms with E-state index in [4.69, 9.17) is 4.52 Å². The molecular formula is C13H23N3O. The lowest BCUT2D eigenvalue weighted by atomic mass is 10.1. The van der Waals surface area contributed by atoms with Gasteiger partial charge in [-0.2, -0.15) is 0 Å². The van der Waals surface area contributed by atoms with Crippen LogP contribution in [-0.4, -0.2) is 35.7 Å². The maximum Gasteiger partial charge on any atom is 0.150 e. The first-order valence-electron chi connectivity index (χ1n) is 6.66. The summed E-state index contributed by atoms with van der Waals surface area (Å²) in [6.07, 6.45) is 3.71. The van der Waals surface area contributed by atoms with Crippen LogP contribution in [0, 0.1) is 6.92 Å².